The summed E-state index contributed by atoms with van der Waals surface area (Å²) in [5, 5.41) is 0. The maximum atomic E-state index is 9.99. The van der Waals surface area contributed by atoms with Gasteiger partial charge >= 0.3 is 8.60 Å². The molecule has 0 heterocycles. The van der Waals surface area contributed by atoms with Crippen LogP contribution in [0.15, 0.2) is 0 Å². The van der Waals surface area contributed by atoms with E-state index in [0.29, 0.717) is 13.2 Å². The summed E-state index contributed by atoms with van der Waals surface area (Å²) in [6.45, 7) is 5.88. The van der Waals surface area contributed by atoms with Crippen LogP contribution in [0.2, 0.25) is 0 Å². The van der Waals surface area contributed by atoms with Crippen LogP contribution in [-0.4, -0.2) is 18.1 Å². The van der Waals surface area contributed by atoms with Crippen molar-refractivity contribution in [3.63, 3.8) is 0 Å². The smallest absolute Gasteiger partial charge is 0.328 e. The van der Waals surface area contributed by atoms with Crippen LogP contribution in [-0.2, 0) is 9.05 Å². The topological polar surface area (TPSA) is 38.7 Å². The number of hydrogen-bond donors (Lipinski definition) is 1. The molecule has 0 aromatic carbocycles. The summed E-state index contributed by atoms with van der Waals surface area (Å²) in [5.41, 5.74) is 0. The van der Waals surface area contributed by atoms with Crippen LogP contribution >= 0.6 is 8.60 Å². The van der Waals surface area contributed by atoms with Crippen molar-refractivity contribution in [2.45, 2.75) is 271 Å². The third kappa shape index (κ3) is 44.3. The summed E-state index contributed by atoms with van der Waals surface area (Å²) in [6, 6.07) is 0. The zero-order chi connectivity index (χ0) is 34.7. The minimum atomic E-state index is -1.67. The SMILES string of the molecule is CCCCCCCCCCCCCCCCCCCCCCOP(O)OCCCCCCCCCCCCCCCCCCCCCC. The molecule has 4 heteroatoms. The Morgan fingerprint density at radius 1 is 0.250 bits per heavy atom. The van der Waals surface area contributed by atoms with E-state index < -0.39 is 8.60 Å². The molecule has 290 valence electrons. The van der Waals surface area contributed by atoms with E-state index in [1.165, 1.54) is 244 Å². The highest BCUT2D eigenvalue weighted by molar-refractivity contribution is 7.40. The zero-order valence-corrected chi connectivity index (χ0v) is 34.3. The molecule has 0 amide bonds. The molecule has 0 spiro atoms. The molecule has 0 radical (unpaired) electrons. The molecule has 0 aliphatic carbocycles. The van der Waals surface area contributed by atoms with Gasteiger partial charge in [-0.05, 0) is 12.8 Å². The van der Waals surface area contributed by atoms with Gasteiger partial charge in [0, 0.05) is 0 Å². The second-order valence-corrected chi connectivity index (χ2v) is 16.3. The van der Waals surface area contributed by atoms with Crippen molar-refractivity contribution >= 4 is 8.60 Å². The summed E-state index contributed by atoms with van der Waals surface area (Å²) in [5.74, 6) is 0. The Balaban J connectivity index is 3.14. The molecule has 0 aromatic rings. The van der Waals surface area contributed by atoms with Crippen molar-refractivity contribution in [1.82, 2.24) is 0 Å². The molecule has 0 atom stereocenters. The first-order valence-electron chi connectivity index (χ1n) is 22.6. The Morgan fingerprint density at radius 2 is 0.396 bits per heavy atom. The normalized spacial score (nSPS) is 11.8. The predicted octanol–water partition coefficient (Wildman–Crippen LogP) is 16.9. The number of rotatable bonds is 44. The Morgan fingerprint density at radius 3 is 0.562 bits per heavy atom. The van der Waals surface area contributed by atoms with Gasteiger partial charge in [0.25, 0.3) is 0 Å². The molecule has 0 aliphatic rings. The predicted molar refractivity (Wildman–Crippen MR) is 217 cm³/mol. The first-order chi connectivity index (χ1) is 23.8. The lowest BCUT2D eigenvalue weighted by atomic mass is 10.0. The first kappa shape index (κ1) is 48.3. The van der Waals surface area contributed by atoms with E-state index in [4.69, 9.17) is 9.05 Å². The second-order valence-electron chi connectivity index (χ2n) is 15.3. The van der Waals surface area contributed by atoms with E-state index in [2.05, 4.69) is 13.8 Å². The quantitative estimate of drug-likeness (QED) is 0.0508. The average molecular weight is 699 g/mol. The Labute approximate surface area is 305 Å². The summed E-state index contributed by atoms with van der Waals surface area (Å²) >= 11 is 0. The lowest BCUT2D eigenvalue weighted by Gasteiger charge is -2.10. The molecular formula is C44H91O3P. The lowest BCUT2D eigenvalue weighted by molar-refractivity contribution is 0.193. The third-order valence-corrected chi connectivity index (χ3v) is 11.2. The van der Waals surface area contributed by atoms with Crippen molar-refractivity contribution in [2.75, 3.05) is 13.2 Å². The summed E-state index contributed by atoms with van der Waals surface area (Å²) in [4.78, 5) is 9.99. The van der Waals surface area contributed by atoms with Gasteiger partial charge in [-0.3, -0.25) is 0 Å². The Hall–Kier alpha value is 0.310. The fourth-order valence-electron chi connectivity index (χ4n) is 7.04. The highest BCUT2D eigenvalue weighted by Gasteiger charge is 2.06. The van der Waals surface area contributed by atoms with Gasteiger partial charge in [-0.1, -0.05) is 258 Å². The van der Waals surface area contributed by atoms with Crippen molar-refractivity contribution in [1.29, 1.82) is 0 Å². The molecule has 0 fully saturated rings. The van der Waals surface area contributed by atoms with Crippen LogP contribution in [0.3, 0.4) is 0 Å². The number of hydrogen-bond acceptors (Lipinski definition) is 3. The summed E-state index contributed by atoms with van der Waals surface area (Å²) in [6.07, 6.45) is 55.8. The van der Waals surface area contributed by atoms with Gasteiger partial charge in [0.15, 0.2) is 0 Å². The molecule has 0 rings (SSSR count). The van der Waals surface area contributed by atoms with Crippen LogP contribution in [0.25, 0.3) is 0 Å². The van der Waals surface area contributed by atoms with Crippen molar-refractivity contribution in [3.05, 3.63) is 0 Å². The first-order valence-corrected chi connectivity index (χ1v) is 23.7. The van der Waals surface area contributed by atoms with E-state index in [-0.39, 0.29) is 0 Å². The molecule has 0 aliphatic heterocycles. The minimum Gasteiger partial charge on any atom is -0.328 e. The molecule has 0 saturated carbocycles. The van der Waals surface area contributed by atoms with Gasteiger partial charge < -0.3 is 13.9 Å². The van der Waals surface area contributed by atoms with Crippen LogP contribution in [0, 0.1) is 0 Å². The Kier molecular flexibility index (Phi) is 45.6. The fourth-order valence-corrected chi connectivity index (χ4v) is 7.68. The highest BCUT2D eigenvalue weighted by Crippen LogP contribution is 2.33. The van der Waals surface area contributed by atoms with Crippen LogP contribution < -0.4 is 0 Å². The minimum absolute atomic E-state index is 0.639. The van der Waals surface area contributed by atoms with Gasteiger partial charge in [-0.2, -0.15) is 0 Å². The maximum Gasteiger partial charge on any atom is 0.329 e. The van der Waals surface area contributed by atoms with Crippen molar-refractivity contribution in [2.24, 2.45) is 0 Å². The van der Waals surface area contributed by atoms with Gasteiger partial charge in [0.1, 0.15) is 0 Å². The lowest BCUT2D eigenvalue weighted by Crippen LogP contribution is -1.95. The van der Waals surface area contributed by atoms with Gasteiger partial charge in [0.05, 0.1) is 13.2 Å². The second kappa shape index (κ2) is 45.3. The monoisotopic (exact) mass is 699 g/mol. The third-order valence-electron chi connectivity index (χ3n) is 10.4. The summed E-state index contributed by atoms with van der Waals surface area (Å²) in [7, 11) is -1.67. The van der Waals surface area contributed by atoms with Crippen LogP contribution in [0.5, 0.6) is 0 Å². The van der Waals surface area contributed by atoms with E-state index in [1.54, 1.807) is 0 Å². The zero-order valence-electron chi connectivity index (χ0n) is 33.4. The summed E-state index contributed by atoms with van der Waals surface area (Å²) < 4.78 is 11.0. The Bertz CT molecular complexity index is 499. The fraction of sp³-hybridized carbons (Fsp3) is 1.00. The van der Waals surface area contributed by atoms with Gasteiger partial charge in [0.2, 0.25) is 0 Å². The van der Waals surface area contributed by atoms with Crippen molar-refractivity contribution < 1.29 is 13.9 Å². The van der Waals surface area contributed by atoms with Crippen molar-refractivity contribution in [3.8, 4) is 0 Å². The molecule has 0 saturated heterocycles. The van der Waals surface area contributed by atoms with E-state index in [0.717, 1.165) is 12.8 Å². The average Bonchev–Trinajstić information content (AvgIpc) is 3.09. The molecular weight excluding hydrogens is 607 g/mol. The van der Waals surface area contributed by atoms with Gasteiger partial charge in [-0.25, -0.2) is 0 Å². The number of unbranched alkanes of at least 4 members (excludes halogenated alkanes) is 38. The van der Waals surface area contributed by atoms with E-state index >= 15 is 0 Å². The van der Waals surface area contributed by atoms with E-state index in [1.807, 2.05) is 0 Å². The van der Waals surface area contributed by atoms with E-state index in [9.17, 15) is 4.89 Å². The maximum absolute atomic E-state index is 9.99. The van der Waals surface area contributed by atoms with Crippen LogP contribution in [0.1, 0.15) is 271 Å². The molecule has 3 nitrogen and oxygen atoms in total. The standard InChI is InChI=1S/C44H91O3P/c1-3-5-7-9-11-13-15-17-19-21-23-25-27-29-31-33-35-37-39-41-43-46-48(45)47-44-42-40-38-36-34-32-30-28-26-24-22-20-18-16-14-12-10-8-6-4-2/h45H,3-44H2,1-2H3. The molecule has 48 heavy (non-hydrogen) atoms. The molecule has 0 bridgehead atoms. The molecule has 1 N–H and O–H groups in total. The van der Waals surface area contributed by atoms with Crippen LogP contribution in [0.4, 0.5) is 0 Å². The largest absolute Gasteiger partial charge is 0.329 e. The molecule has 0 unspecified atom stereocenters. The highest BCUT2D eigenvalue weighted by atomic mass is 31.2. The van der Waals surface area contributed by atoms with Gasteiger partial charge in [-0.15, -0.1) is 0 Å². The molecule has 0 aromatic heterocycles.